The molecule has 0 radical (unpaired) electrons. The van der Waals surface area contributed by atoms with Crippen molar-refractivity contribution in [1.82, 2.24) is 4.72 Å². The Hall–Kier alpha value is -1.21. The normalized spacial score (nSPS) is 11.6. The Bertz CT molecular complexity index is 606. The van der Waals surface area contributed by atoms with Gasteiger partial charge in [-0.05, 0) is 22.6 Å². The first-order valence-electron chi connectivity index (χ1n) is 5.34. The largest absolute Gasteiger partial charge is 0.392 e. The van der Waals surface area contributed by atoms with Gasteiger partial charge in [0, 0.05) is 6.54 Å². The fourth-order valence-corrected chi connectivity index (χ4v) is 3.59. The number of hydrogen-bond donors (Lipinski definition) is 2. The van der Waals surface area contributed by atoms with Crippen LogP contribution in [0.5, 0.6) is 0 Å². The average molecular weight is 283 g/mol. The molecule has 1 aromatic carbocycles. The summed E-state index contributed by atoms with van der Waals surface area (Å²) < 4.78 is 26.6. The third-order valence-corrected chi connectivity index (χ3v) is 5.30. The Kier molecular flexibility index (Phi) is 4.13. The smallest absolute Gasteiger partial charge is 0.250 e. The van der Waals surface area contributed by atoms with Gasteiger partial charge in [-0.3, -0.25) is 0 Å². The molecule has 0 spiro atoms. The molecule has 1 aromatic heterocycles. The minimum atomic E-state index is -3.45. The van der Waals surface area contributed by atoms with E-state index in [9.17, 15) is 8.42 Å². The Morgan fingerprint density at radius 3 is 2.44 bits per heavy atom. The van der Waals surface area contributed by atoms with Gasteiger partial charge < -0.3 is 5.11 Å². The molecule has 0 fully saturated rings. The van der Waals surface area contributed by atoms with E-state index in [0.717, 1.165) is 11.1 Å². The van der Waals surface area contributed by atoms with Crippen LogP contribution in [-0.4, -0.2) is 13.5 Å². The molecule has 6 heteroatoms. The molecule has 0 amide bonds. The van der Waals surface area contributed by atoms with Gasteiger partial charge in [-0.2, -0.15) is 0 Å². The highest BCUT2D eigenvalue weighted by atomic mass is 32.2. The van der Waals surface area contributed by atoms with Crippen molar-refractivity contribution in [1.29, 1.82) is 0 Å². The molecular weight excluding hydrogens is 270 g/mol. The molecule has 2 aromatic rings. The number of nitrogens with one attached hydrogen (secondary N) is 1. The average Bonchev–Trinajstić information content (AvgIpc) is 2.91. The molecule has 0 aliphatic heterocycles. The van der Waals surface area contributed by atoms with Crippen LogP contribution in [0.15, 0.2) is 46.0 Å². The maximum absolute atomic E-state index is 11.9. The number of benzene rings is 1. The number of aliphatic hydroxyl groups excluding tert-OH is 1. The number of sulfonamides is 1. The van der Waals surface area contributed by atoms with Gasteiger partial charge in [0.05, 0.1) is 6.61 Å². The number of thiophene rings is 1. The molecule has 18 heavy (non-hydrogen) atoms. The predicted octanol–water partition coefficient (Wildman–Crippen LogP) is 1.72. The molecule has 2 N–H and O–H groups in total. The summed E-state index contributed by atoms with van der Waals surface area (Å²) in [5, 5.41) is 10.9. The summed E-state index contributed by atoms with van der Waals surface area (Å²) >= 11 is 1.18. The number of hydrogen-bond acceptors (Lipinski definition) is 4. The fraction of sp³-hybridized carbons (Fsp3) is 0.167. The van der Waals surface area contributed by atoms with E-state index in [0.29, 0.717) is 4.21 Å². The van der Waals surface area contributed by atoms with Crippen molar-refractivity contribution in [2.24, 2.45) is 0 Å². The van der Waals surface area contributed by atoms with Crippen molar-refractivity contribution >= 4 is 21.4 Å². The van der Waals surface area contributed by atoms with E-state index >= 15 is 0 Å². The van der Waals surface area contributed by atoms with Gasteiger partial charge in [0.25, 0.3) is 0 Å². The molecule has 0 saturated heterocycles. The SMILES string of the molecule is O=S(=O)(NCc1ccccc1CO)c1cccs1. The van der Waals surface area contributed by atoms with E-state index in [4.69, 9.17) is 5.11 Å². The Balaban J connectivity index is 2.13. The van der Waals surface area contributed by atoms with Gasteiger partial charge in [0.1, 0.15) is 4.21 Å². The van der Waals surface area contributed by atoms with E-state index in [2.05, 4.69) is 4.72 Å². The molecule has 0 bridgehead atoms. The summed E-state index contributed by atoms with van der Waals surface area (Å²) in [5.41, 5.74) is 1.51. The molecule has 2 rings (SSSR count). The summed E-state index contributed by atoms with van der Waals surface area (Å²) in [6.45, 7) is 0.0773. The Morgan fingerprint density at radius 1 is 1.11 bits per heavy atom. The maximum Gasteiger partial charge on any atom is 0.250 e. The summed E-state index contributed by atoms with van der Waals surface area (Å²) in [5.74, 6) is 0. The Morgan fingerprint density at radius 2 is 1.83 bits per heavy atom. The second-order valence-corrected chi connectivity index (χ2v) is 6.62. The van der Waals surface area contributed by atoms with Crippen molar-refractivity contribution < 1.29 is 13.5 Å². The fourth-order valence-electron chi connectivity index (χ4n) is 1.54. The van der Waals surface area contributed by atoms with Gasteiger partial charge in [0.15, 0.2) is 0 Å². The van der Waals surface area contributed by atoms with E-state index in [-0.39, 0.29) is 13.2 Å². The van der Waals surface area contributed by atoms with E-state index in [1.54, 1.807) is 29.6 Å². The van der Waals surface area contributed by atoms with Crippen LogP contribution in [0.2, 0.25) is 0 Å². The van der Waals surface area contributed by atoms with Crippen LogP contribution in [0.1, 0.15) is 11.1 Å². The summed E-state index contributed by atoms with van der Waals surface area (Å²) in [4.78, 5) is 0. The second kappa shape index (κ2) is 5.62. The van der Waals surface area contributed by atoms with E-state index in [1.165, 1.54) is 11.3 Å². The molecule has 0 aliphatic carbocycles. The molecule has 1 heterocycles. The minimum absolute atomic E-state index is 0.100. The van der Waals surface area contributed by atoms with Crippen LogP contribution < -0.4 is 4.72 Å². The molecular formula is C12H13NO3S2. The Labute approximate surface area is 110 Å². The van der Waals surface area contributed by atoms with Crippen LogP contribution in [-0.2, 0) is 23.2 Å². The maximum atomic E-state index is 11.9. The molecule has 0 atom stereocenters. The van der Waals surface area contributed by atoms with E-state index in [1.807, 2.05) is 12.1 Å². The zero-order valence-electron chi connectivity index (χ0n) is 9.54. The van der Waals surface area contributed by atoms with Crippen LogP contribution >= 0.6 is 11.3 Å². The summed E-state index contributed by atoms with van der Waals surface area (Å²) in [6, 6.07) is 10.4. The van der Waals surface area contributed by atoms with Gasteiger partial charge >= 0.3 is 0 Å². The van der Waals surface area contributed by atoms with Gasteiger partial charge in [0.2, 0.25) is 10.0 Å². The molecule has 0 saturated carbocycles. The van der Waals surface area contributed by atoms with Crippen LogP contribution in [0.3, 0.4) is 0 Å². The first kappa shape index (κ1) is 13.2. The van der Waals surface area contributed by atoms with E-state index < -0.39 is 10.0 Å². The standard InChI is InChI=1S/C12H13NO3S2/c14-9-11-5-2-1-4-10(11)8-13-18(15,16)12-6-3-7-17-12/h1-7,13-14H,8-9H2. The van der Waals surface area contributed by atoms with Crippen molar-refractivity contribution in [3.63, 3.8) is 0 Å². The highest BCUT2D eigenvalue weighted by Crippen LogP contribution is 2.16. The number of rotatable bonds is 5. The van der Waals surface area contributed by atoms with Gasteiger partial charge in [-0.1, -0.05) is 30.3 Å². The zero-order valence-corrected chi connectivity index (χ0v) is 11.2. The summed E-state index contributed by atoms with van der Waals surface area (Å²) in [6.07, 6.45) is 0. The first-order valence-corrected chi connectivity index (χ1v) is 7.70. The van der Waals surface area contributed by atoms with Crippen molar-refractivity contribution in [3.8, 4) is 0 Å². The van der Waals surface area contributed by atoms with Gasteiger partial charge in [-0.25, -0.2) is 13.1 Å². The lowest BCUT2D eigenvalue weighted by molar-refractivity contribution is 0.280. The second-order valence-electron chi connectivity index (χ2n) is 3.68. The zero-order chi connectivity index (χ0) is 13.0. The third kappa shape index (κ3) is 2.97. The minimum Gasteiger partial charge on any atom is -0.392 e. The van der Waals surface area contributed by atoms with Crippen LogP contribution in [0, 0.1) is 0 Å². The molecule has 0 unspecified atom stereocenters. The highest BCUT2D eigenvalue weighted by Gasteiger charge is 2.14. The lowest BCUT2D eigenvalue weighted by Gasteiger charge is -2.08. The van der Waals surface area contributed by atoms with Crippen molar-refractivity contribution in [3.05, 3.63) is 52.9 Å². The molecule has 96 valence electrons. The first-order chi connectivity index (χ1) is 8.63. The van der Waals surface area contributed by atoms with Crippen molar-refractivity contribution in [2.45, 2.75) is 17.4 Å². The van der Waals surface area contributed by atoms with Crippen LogP contribution in [0.4, 0.5) is 0 Å². The molecule has 4 nitrogen and oxygen atoms in total. The summed E-state index contributed by atoms with van der Waals surface area (Å²) in [7, 11) is -3.45. The quantitative estimate of drug-likeness (QED) is 0.878. The third-order valence-electron chi connectivity index (χ3n) is 2.50. The lowest BCUT2D eigenvalue weighted by atomic mass is 10.1. The van der Waals surface area contributed by atoms with Crippen LogP contribution in [0.25, 0.3) is 0 Å². The van der Waals surface area contributed by atoms with Gasteiger partial charge in [-0.15, -0.1) is 11.3 Å². The monoisotopic (exact) mass is 283 g/mol. The lowest BCUT2D eigenvalue weighted by Crippen LogP contribution is -2.23. The number of aliphatic hydroxyl groups is 1. The highest BCUT2D eigenvalue weighted by molar-refractivity contribution is 7.91. The van der Waals surface area contributed by atoms with Crippen molar-refractivity contribution in [2.75, 3.05) is 0 Å². The predicted molar refractivity (Wildman–Crippen MR) is 70.7 cm³/mol. The topological polar surface area (TPSA) is 66.4 Å². The molecule has 0 aliphatic rings.